The number of esters is 1. The van der Waals surface area contributed by atoms with Crippen LogP contribution in [0.2, 0.25) is 0 Å². The molecule has 0 aromatic carbocycles. The van der Waals surface area contributed by atoms with Crippen molar-refractivity contribution in [3.05, 3.63) is 0 Å². The van der Waals surface area contributed by atoms with Crippen LogP contribution in [0.1, 0.15) is 0 Å². The van der Waals surface area contributed by atoms with Crippen LogP contribution in [0.4, 0.5) is 0 Å². The second-order valence-corrected chi connectivity index (χ2v) is 0.797. The van der Waals surface area contributed by atoms with Crippen molar-refractivity contribution in [3.8, 4) is 0 Å². The van der Waals surface area contributed by atoms with Crippen molar-refractivity contribution in [2.45, 2.75) is 0 Å². The van der Waals surface area contributed by atoms with Gasteiger partial charge in [-0.1, -0.05) is 0 Å². The summed E-state index contributed by atoms with van der Waals surface area (Å²) >= 11 is 0. The van der Waals surface area contributed by atoms with Gasteiger partial charge in [0.2, 0.25) is 0 Å². The Kier molecular flexibility index (Phi) is 8.12. The monoisotopic (exact) mass is 143 g/mol. The number of carbonyl (C=O) groups is 2. The fourth-order valence-corrected chi connectivity index (χ4v) is 0.0873. The summed E-state index contributed by atoms with van der Waals surface area (Å²) in [7, 11) is 1.01. The van der Waals surface area contributed by atoms with Crippen LogP contribution in [0.5, 0.6) is 0 Å². The van der Waals surface area contributed by atoms with Gasteiger partial charge >= 0.3 is 63.3 Å². The molecular formula is C3H4KO4+. The average Bonchev–Trinajstić information content (AvgIpc) is 1.65. The number of rotatable bonds is 0. The molecule has 8 heavy (non-hydrogen) atoms. The molecule has 0 amide bonds. The summed E-state index contributed by atoms with van der Waals surface area (Å²) < 4.78 is 3.77. The number of carboxylic acid groups (broad SMARTS) is 1. The van der Waals surface area contributed by atoms with Gasteiger partial charge in [0, 0.05) is 0 Å². The van der Waals surface area contributed by atoms with Crippen LogP contribution in [-0.4, -0.2) is 24.2 Å². The van der Waals surface area contributed by atoms with Crippen LogP contribution in [-0.2, 0) is 14.3 Å². The number of aliphatic carboxylic acids is 1. The fourth-order valence-electron chi connectivity index (χ4n) is 0.0873. The van der Waals surface area contributed by atoms with Crippen LogP contribution in [0, 0.1) is 0 Å². The minimum absolute atomic E-state index is 0. The van der Waals surface area contributed by atoms with Gasteiger partial charge in [-0.25, -0.2) is 9.59 Å². The number of carbonyl (C=O) groups excluding carboxylic acids is 1. The molecular weight excluding hydrogens is 139 g/mol. The van der Waals surface area contributed by atoms with Crippen LogP contribution in [0.3, 0.4) is 0 Å². The summed E-state index contributed by atoms with van der Waals surface area (Å²) in [4.78, 5) is 19.1. The third-order valence-corrected chi connectivity index (χ3v) is 0.360. The standard InChI is InChI=1S/C3H4O4.K/c1-7-3(6)2(4)5;/h1H3,(H,4,5);/q;+1. The van der Waals surface area contributed by atoms with E-state index in [2.05, 4.69) is 4.74 Å². The Labute approximate surface area is 88.6 Å². The van der Waals surface area contributed by atoms with Crippen molar-refractivity contribution in [2.24, 2.45) is 0 Å². The molecule has 4 nitrogen and oxygen atoms in total. The topological polar surface area (TPSA) is 63.6 Å². The molecule has 0 aliphatic heterocycles. The first-order valence-electron chi connectivity index (χ1n) is 1.49. The number of carboxylic acids is 1. The predicted molar refractivity (Wildman–Crippen MR) is 19.7 cm³/mol. The molecule has 0 unspecified atom stereocenters. The van der Waals surface area contributed by atoms with Crippen molar-refractivity contribution >= 4 is 11.9 Å². The van der Waals surface area contributed by atoms with Crippen molar-refractivity contribution in [3.63, 3.8) is 0 Å². The summed E-state index contributed by atoms with van der Waals surface area (Å²) in [5, 5.41) is 7.71. The third kappa shape index (κ3) is 4.73. The van der Waals surface area contributed by atoms with E-state index in [9.17, 15) is 9.59 Å². The van der Waals surface area contributed by atoms with Gasteiger partial charge in [0.05, 0.1) is 7.11 Å². The van der Waals surface area contributed by atoms with Gasteiger partial charge in [-0.15, -0.1) is 0 Å². The minimum Gasteiger partial charge on any atom is -0.473 e. The smallest absolute Gasteiger partial charge is 0.473 e. The SMILES string of the molecule is COC(=O)C(=O)O.[K+]. The molecule has 0 aliphatic carbocycles. The van der Waals surface area contributed by atoms with Crippen LogP contribution < -0.4 is 51.4 Å². The second kappa shape index (κ2) is 5.71. The first-order valence-corrected chi connectivity index (χ1v) is 1.49. The van der Waals surface area contributed by atoms with E-state index < -0.39 is 11.9 Å². The fraction of sp³-hybridized carbons (Fsp3) is 0.333. The molecule has 0 fully saturated rings. The van der Waals surface area contributed by atoms with Gasteiger partial charge in [0.1, 0.15) is 0 Å². The number of methoxy groups -OCH3 is 1. The molecule has 0 aromatic heterocycles. The van der Waals surface area contributed by atoms with Crippen LogP contribution >= 0.6 is 0 Å². The number of hydrogen-bond acceptors (Lipinski definition) is 3. The molecule has 0 spiro atoms. The molecule has 0 saturated heterocycles. The molecule has 1 N–H and O–H groups in total. The van der Waals surface area contributed by atoms with E-state index in [-0.39, 0.29) is 51.4 Å². The van der Waals surface area contributed by atoms with E-state index in [0.29, 0.717) is 0 Å². The normalized spacial score (nSPS) is 6.62. The molecule has 0 bridgehead atoms. The van der Waals surface area contributed by atoms with E-state index in [1.165, 1.54) is 0 Å². The second-order valence-electron chi connectivity index (χ2n) is 0.797. The molecule has 0 aliphatic rings. The summed E-state index contributed by atoms with van der Waals surface area (Å²) in [5.74, 6) is -2.80. The van der Waals surface area contributed by atoms with Gasteiger partial charge < -0.3 is 9.84 Å². The molecule has 0 heterocycles. The molecule has 0 rings (SSSR count). The van der Waals surface area contributed by atoms with Crippen molar-refractivity contribution in [2.75, 3.05) is 7.11 Å². The Hall–Kier alpha value is 0.576. The molecule has 5 heteroatoms. The van der Waals surface area contributed by atoms with Crippen molar-refractivity contribution in [1.82, 2.24) is 0 Å². The Morgan fingerprint density at radius 3 is 1.88 bits per heavy atom. The third-order valence-electron chi connectivity index (χ3n) is 0.360. The largest absolute Gasteiger partial charge is 1.00 e. The Morgan fingerprint density at radius 1 is 1.50 bits per heavy atom. The quantitative estimate of drug-likeness (QED) is 0.215. The van der Waals surface area contributed by atoms with Crippen molar-refractivity contribution < 1.29 is 70.8 Å². The van der Waals surface area contributed by atoms with Gasteiger partial charge in [0.15, 0.2) is 0 Å². The van der Waals surface area contributed by atoms with E-state index >= 15 is 0 Å². The maximum absolute atomic E-state index is 9.69. The van der Waals surface area contributed by atoms with Crippen LogP contribution in [0.25, 0.3) is 0 Å². The van der Waals surface area contributed by atoms with E-state index in [0.717, 1.165) is 7.11 Å². The van der Waals surface area contributed by atoms with E-state index in [1.54, 1.807) is 0 Å². The van der Waals surface area contributed by atoms with Crippen molar-refractivity contribution in [1.29, 1.82) is 0 Å². The molecule has 40 valence electrons. The van der Waals surface area contributed by atoms with E-state index in [4.69, 9.17) is 5.11 Å². The zero-order valence-corrected chi connectivity index (χ0v) is 7.80. The molecule has 0 atom stereocenters. The van der Waals surface area contributed by atoms with E-state index in [1.807, 2.05) is 0 Å². The predicted octanol–water partition coefficient (Wildman–Crippen LogP) is -3.75. The summed E-state index contributed by atoms with van der Waals surface area (Å²) in [5.41, 5.74) is 0. The van der Waals surface area contributed by atoms with Gasteiger partial charge in [-0.3, -0.25) is 0 Å². The molecule has 0 aromatic rings. The number of ether oxygens (including phenoxy) is 1. The summed E-state index contributed by atoms with van der Waals surface area (Å²) in [6.07, 6.45) is 0. The average molecular weight is 143 g/mol. The first-order chi connectivity index (χ1) is 3.18. The molecule has 0 saturated carbocycles. The molecule has 0 radical (unpaired) electrons. The zero-order chi connectivity index (χ0) is 5.86. The first kappa shape index (κ1) is 11.4. The van der Waals surface area contributed by atoms with Gasteiger partial charge in [-0.2, -0.15) is 0 Å². The Bertz CT molecular complexity index is 99.5. The Balaban J connectivity index is 0. The maximum Gasteiger partial charge on any atom is 1.00 e. The minimum atomic E-state index is -1.57. The summed E-state index contributed by atoms with van der Waals surface area (Å²) in [6.45, 7) is 0. The van der Waals surface area contributed by atoms with Gasteiger partial charge in [0.25, 0.3) is 0 Å². The Morgan fingerprint density at radius 2 is 1.88 bits per heavy atom. The zero-order valence-electron chi connectivity index (χ0n) is 4.67. The van der Waals surface area contributed by atoms with Crippen LogP contribution in [0.15, 0.2) is 0 Å². The van der Waals surface area contributed by atoms with Gasteiger partial charge in [-0.05, 0) is 0 Å². The maximum atomic E-state index is 9.69. The number of hydrogen-bond donors (Lipinski definition) is 1. The summed E-state index contributed by atoms with van der Waals surface area (Å²) in [6, 6.07) is 0.